The van der Waals surface area contributed by atoms with E-state index < -0.39 is 0 Å². The maximum absolute atomic E-state index is 11.8. The summed E-state index contributed by atoms with van der Waals surface area (Å²) in [6.45, 7) is 7.47. The average Bonchev–Trinajstić information content (AvgIpc) is 2.33. The predicted molar refractivity (Wildman–Crippen MR) is 70.9 cm³/mol. The smallest absolute Gasteiger partial charge is 0.248 e. The van der Waals surface area contributed by atoms with E-state index in [0.29, 0.717) is 6.61 Å². The van der Waals surface area contributed by atoms with Crippen LogP contribution in [-0.4, -0.2) is 43.7 Å². The molecule has 4 heteroatoms. The Morgan fingerprint density at radius 3 is 2.29 bits per heavy atom. The fraction of sp³-hybridized carbons (Fsp3) is 0.923. The largest absolute Gasteiger partial charge is 0.372 e. The molecular formula is C13H28N2O2. The third-order valence-electron chi connectivity index (χ3n) is 2.56. The van der Waals surface area contributed by atoms with Crippen molar-refractivity contribution in [2.24, 2.45) is 5.73 Å². The molecule has 0 saturated carbocycles. The van der Waals surface area contributed by atoms with Gasteiger partial charge in [-0.1, -0.05) is 13.8 Å². The molecule has 0 spiro atoms. The van der Waals surface area contributed by atoms with Gasteiger partial charge >= 0.3 is 0 Å². The van der Waals surface area contributed by atoms with Gasteiger partial charge in [0.25, 0.3) is 0 Å². The number of carbonyl (C=O) groups is 1. The summed E-state index contributed by atoms with van der Waals surface area (Å²) in [7, 11) is 0. The number of ether oxygens (including phenoxy) is 1. The SMILES string of the molecule is CCCN(CCC)C(=O)COCCCCCN. The van der Waals surface area contributed by atoms with E-state index in [0.717, 1.165) is 51.7 Å². The normalized spacial score (nSPS) is 10.5. The minimum Gasteiger partial charge on any atom is -0.372 e. The first-order valence-corrected chi connectivity index (χ1v) is 6.81. The maximum Gasteiger partial charge on any atom is 0.248 e. The highest BCUT2D eigenvalue weighted by Crippen LogP contribution is 1.98. The van der Waals surface area contributed by atoms with Gasteiger partial charge in [-0.2, -0.15) is 0 Å². The summed E-state index contributed by atoms with van der Waals surface area (Å²) in [4.78, 5) is 13.7. The van der Waals surface area contributed by atoms with Crippen molar-refractivity contribution in [3.05, 3.63) is 0 Å². The number of rotatable bonds is 11. The molecule has 0 aliphatic heterocycles. The zero-order valence-corrected chi connectivity index (χ0v) is 11.4. The predicted octanol–water partition coefficient (Wildman–Crippen LogP) is 1.78. The molecule has 0 heterocycles. The number of nitrogens with two attached hydrogens (primary N) is 1. The fourth-order valence-electron chi connectivity index (χ4n) is 1.68. The van der Waals surface area contributed by atoms with Crippen LogP contribution >= 0.6 is 0 Å². The van der Waals surface area contributed by atoms with Crippen LogP contribution in [0.3, 0.4) is 0 Å². The van der Waals surface area contributed by atoms with Crippen LogP contribution in [0.4, 0.5) is 0 Å². The van der Waals surface area contributed by atoms with Crippen LogP contribution in [0, 0.1) is 0 Å². The second-order valence-electron chi connectivity index (χ2n) is 4.28. The topological polar surface area (TPSA) is 55.6 Å². The standard InChI is InChI=1S/C13H28N2O2/c1-3-9-15(10-4-2)13(16)12-17-11-7-5-6-8-14/h3-12,14H2,1-2H3. The van der Waals surface area contributed by atoms with E-state index >= 15 is 0 Å². The lowest BCUT2D eigenvalue weighted by molar-refractivity contribution is -0.136. The van der Waals surface area contributed by atoms with Crippen molar-refractivity contribution in [2.75, 3.05) is 32.8 Å². The van der Waals surface area contributed by atoms with E-state index in [1.165, 1.54) is 0 Å². The number of unbranched alkanes of at least 4 members (excludes halogenated alkanes) is 2. The third kappa shape index (κ3) is 9.12. The summed E-state index contributed by atoms with van der Waals surface area (Å²) in [6.07, 6.45) is 5.12. The minimum absolute atomic E-state index is 0.118. The highest BCUT2D eigenvalue weighted by molar-refractivity contribution is 5.77. The summed E-state index contributed by atoms with van der Waals surface area (Å²) in [5, 5.41) is 0. The first-order valence-electron chi connectivity index (χ1n) is 6.81. The van der Waals surface area contributed by atoms with Crippen LogP contribution in [0.2, 0.25) is 0 Å². The molecule has 0 unspecified atom stereocenters. The molecular weight excluding hydrogens is 216 g/mol. The Morgan fingerprint density at radius 2 is 1.76 bits per heavy atom. The average molecular weight is 244 g/mol. The van der Waals surface area contributed by atoms with Gasteiger partial charge in [-0.3, -0.25) is 4.79 Å². The van der Waals surface area contributed by atoms with Gasteiger partial charge in [-0.25, -0.2) is 0 Å². The summed E-state index contributed by atoms with van der Waals surface area (Å²) in [6, 6.07) is 0. The molecule has 17 heavy (non-hydrogen) atoms. The van der Waals surface area contributed by atoms with Crippen molar-refractivity contribution in [2.45, 2.75) is 46.0 Å². The monoisotopic (exact) mass is 244 g/mol. The van der Waals surface area contributed by atoms with Gasteiger partial charge in [0.2, 0.25) is 5.91 Å². The van der Waals surface area contributed by atoms with Crippen LogP contribution in [0.5, 0.6) is 0 Å². The van der Waals surface area contributed by atoms with Gasteiger partial charge in [0, 0.05) is 19.7 Å². The Labute approximate surface area is 105 Å². The molecule has 0 aliphatic rings. The van der Waals surface area contributed by atoms with Crippen LogP contribution in [0.1, 0.15) is 46.0 Å². The molecule has 0 bridgehead atoms. The van der Waals surface area contributed by atoms with Crippen molar-refractivity contribution in [3.63, 3.8) is 0 Å². The molecule has 102 valence electrons. The van der Waals surface area contributed by atoms with Crippen molar-refractivity contribution >= 4 is 5.91 Å². The summed E-state index contributed by atoms with van der Waals surface area (Å²) >= 11 is 0. The Morgan fingerprint density at radius 1 is 1.12 bits per heavy atom. The van der Waals surface area contributed by atoms with Gasteiger partial charge in [-0.05, 0) is 38.6 Å². The number of hydrogen-bond donors (Lipinski definition) is 1. The molecule has 0 saturated heterocycles. The van der Waals surface area contributed by atoms with Crippen molar-refractivity contribution in [3.8, 4) is 0 Å². The third-order valence-corrected chi connectivity index (χ3v) is 2.56. The van der Waals surface area contributed by atoms with E-state index in [-0.39, 0.29) is 12.5 Å². The molecule has 4 nitrogen and oxygen atoms in total. The van der Waals surface area contributed by atoms with E-state index in [2.05, 4.69) is 13.8 Å². The fourth-order valence-corrected chi connectivity index (χ4v) is 1.68. The van der Waals surface area contributed by atoms with E-state index in [1.807, 2.05) is 4.90 Å². The van der Waals surface area contributed by atoms with E-state index in [4.69, 9.17) is 10.5 Å². The molecule has 0 atom stereocenters. The van der Waals surface area contributed by atoms with Crippen molar-refractivity contribution in [1.29, 1.82) is 0 Å². The highest BCUT2D eigenvalue weighted by Gasteiger charge is 2.10. The van der Waals surface area contributed by atoms with Gasteiger partial charge in [0.1, 0.15) is 6.61 Å². The molecule has 0 aliphatic carbocycles. The quantitative estimate of drug-likeness (QED) is 0.564. The Hall–Kier alpha value is -0.610. The van der Waals surface area contributed by atoms with Crippen LogP contribution in [0.25, 0.3) is 0 Å². The molecule has 1 amide bonds. The molecule has 2 N–H and O–H groups in total. The number of amides is 1. The lowest BCUT2D eigenvalue weighted by Gasteiger charge is -2.21. The lowest BCUT2D eigenvalue weighted by atomic mass is 10.2. The molecule has 0 radical (unpaired) electrons. The van der Waals surface area contributed by atoms with Gasteiger partial charge in [0.05, 0.1) is 0 Å². The molecule has 0 aromatic rings. The Kier molecular flexibility index (Phi) is 11.4. The van der Waals surface area contributed by atoms with Crippen LogP contribution in [0.15, 0.2) is 0 Å². The number of hydrogen-bond acceptors (Lipinski definition) is 3. The van der Waals surface area contributed by atoms with Crippen molar-refractivity contribution in [1.82, 2.24) is 4.90 Å². The number of nitrogens with zero attached hydrogens (tertiary/aromatic N) is 1. The lowest BCUT2D eigenvalue weighted by Crippen LogP contribution is -2.35. The van der Waals surface area contributed by atoms with E-state index in [1.54, 1.807) is 0 Å². The summed E-state index contributed by atoms with van der Waals surface area (Å²) < 4.78 is 5.38. The van der Waals surface area contributed by atoms with Gasteiger partial charge in [-0.15, -0.1) is 0 Å². The van der Waals surface area contributed by atoms with Gasteiger partial charge in [0.15, 0.2) is 0 Å². The Bertz CT molecular complexity index is 180. The first-order chi connectivity index (χ1) is 8.26. The van der Waals surface area contributed by atoms with Crippen molar-refractivity contribution < 1.29 is 9.53 Å². The molecule has 0 rings (SSSR count). The number of carbonyl (C=O) groups excluding carboxylic acids is 1. The summed E-state index contributed by atoms with van der Waals surface area (Å²) in [5.74, 6) is 0.118. The maximum atomic E-state index is 11.8. The molecule has 0 fully saturated rings. The van der Waals surface area contributed by atoms with Crippen LogP contribution in [-0.2, 0) is 9.53 Å². The van der Waals surface area contributed by atoms with Crippen LogP contribution < -0.4 is 5.73 Å². The minimum atomic E-state index is 0.118. The molecule has 0 aromatic heterocycles. The zero-order chi connectivity index (χ0) is 12.9. The highest BCUT2D eigenvalue weighted by atomic mass is 16.5. The summed E-state index contributed by atoms with van der Waals surface area (Å²) in [5.41, 5.74) is 5.40. The van der Waals surface area contributed by atoms with Gasteiger partial charge < -0.3 is 15.4 Å². The molecule has 0 aromatic carbocycles. The second-order valence-corrected chi connectivity index (χ2v) is 4.28. The first kappa shape index (κ1) is 16.4. The van der Waals surface area contributed by atoms with E-state index in [9.17, 15) is 4.79 Å². The Balaban J connectivity index is 3.59. The zero-order valence-electron chi connectivity index (χ0n) is 11.4. The second kappa shape index (κ2) is 11.9.